The third kappa shape index (κ3) is 9.52. The van der Waals surface area contributed by atoms with E-state index in [2.05, 4.69) is 20.1 Å². The van der Waals surface area contributed by atoms with Gasteiger partial charge in [0, 0.05) is 30.9 Å². The van der Waals surface area contributed by atoms with Crippen molar-refractivity contribution in [1.82, 2.24) is 20.3 Å². The van der Waals surface area contributed by atoms with Crippen molar-refractivity contribution in [2.75, 3.05) is 27.2 Å². The fourth-order valence-electron chi connectivity index (χ4n) is 2.98. The molecule has 0 radical (unpaired) electrons. The summed E-state index contributed by atoms with van der Waals surface area (Å²) < 4.78 is 73.4. The Labute approximate surface area is 215 Å². The first-order valence-electron chi connectivity index (χ1n) is 9.98. The van der Waals surface area contributed by atoms with Gasteiger partial charge in [-0.1, -0.05) is 0 Å². The number of hydroxylamine groups is 2. The lowest BCUT2D eigenvalue weighted by atomic mass is 9.90. The van der Waals surface area contributed by atoms with Gasteiger partial charge in [-0.25, -0.2) is 5.06 Å². The molecule has 0 atom stereocenters. The van der Waals surface area contributed by atoms with E-state index in [1.807, 2.05) is 0 Å². The number of hydrogen-bond donors (Lipinski definition) is 1. The molecule has 0 bridgehead atoms. The van der Waals surface area contributed by atoms with Crippen LogP contribution in [0.25, 0.3) is 0 Å². The Morgan fingerprint density at radius 2 is 1.33 bits per heavy atom. The Hall–Kier alpha value is -2.48. The molecule has 3 rings (SSSR count). The summed E-state index contributed by atoms with van der Waals surface area (Å²) >= 11 is 0. The monoisotopic (exact) mass is 564 g/mol. The molecular formula is C21H24Cl2F6N4O3. The number of halogens is 8. The highest BCUT2D eigenvalue weighted by molar-refractivity contribution is 5.97. The summed E-state index contributed by atoms with van der Waals surface area (Å²) in [6, 6.07) is 3.86. The minimum Gasteiger partial charge on any atom is -0.317 e. The first kappa shape index (κ1) is 33.5. The summed E-state index contributed by atoms with van der Waals surface area (Å²) in [5.41, 5.74) is -1.72. The van der Waals surface area contributed by atoms with Gasteiger partial charge in [0.05, 0.1) is 12.7 Å². The van der Waals surface area contributed by atoms with Crippen LogP contribution >= 0.6 is 24.8 Å². The van der Waals surface area contributed by atoms with Crippen molar-refractivity contribution in [3.8, 4) is 0 Å². The molecule has 0 aliphatic carbocycles. The van der Waals surface area contributed by atoms with E-state index in [-0.39, 0.29) is 47.6 Å². The topological polar surface area (TPSA) is 84.4 Å². The lowest BCUT2D eigenvalue weighted by molar-refractivity contribution is -0.142. The Morgan fingerprint density at radius 1 is 0.889 bits per heavy atom. The number of carbonyl (C=O) groups is 2. The maximum atomic E-state index is 12.3. The van der Waals surface area contributed by atoms with E-state index < -0.39 is 29.6 Å². The van der Waals surface area contributed by atoms with Gasteiger partial charge in [0.15, 0.2) is 5.78 Å². The fraction of sp³-hybridized carbons (Fsp3) is 0.429. The maximum Gasteiger partial charge on any atom is 0.433 e. The second kappa shape index (κ2) is 14.3. The van der Waals surface area contributed by atoms with Crippen LogP contribution in [0.5, 0.6) is 0 Å². The van der Waals surface area contributed by atoms with E-state index in [1.54, 1.807) is 0 Å². The van der Waals surface area contributed by atoms with Crippen LogP contribution in [-0.2, 0) is 17.2 Å². The number of hydrogen-bond acceptors (Lipinski definition) is 6. The third-order valence-corrected chi connectivity index (χ3v) is 4.91. The van der Waals surface area contributed by atoms with Crippen molar-refractivity contribution in [2.24, 2.45) is 5.92 Å². The first-order valence-corrected chi connectivity index (χ1v) is 9.98. The standard InChI is InChI=1S/C12H13F3N2O.C9H9F3N2O2.2ClH/c13-12(14,15)10-2-1-9(7-17-10)11(18)8-3-5-16-6-4-8;1-14(16-2)8(15)6-3-4-7(13-5-6)9(10,11)12;;/h1-2,7-8,16H,3-6H2;3-5H,1-2H3;2*1H. The van der Waals surface area contributed by atoms with E-state index >= 15 is 0 Å². The first-order chi connectivity index (χ1) is 15.8. The zero-order valence-electron chi connectivity index (χ0n) is 19.0. The number of amides is 1. The Kier molecular flexibility index (Phi) is 13.3. The van der Waals surface area contributed by atoms with Crippen LogP contribution in [0.15, 0.2) is 36.7 Å². The summed E-state index contributed by atoms with van der Waals surface area (Å²) in [5, 5.41) is 4.03. The Bertz CT molecular complexity index is 968. The number of carbonyl (C=O) groups excluding carboxylic acids is 2. The lowest BCUT2D eigenvalue weighted by Crippen LogP contribution is -2.32. The highest BCUT2D eigenvalue weighted by atomic mass is 35.5. The van der Waals surface area contributed by atoms with Gasteiger partial charge in [-0.05, 0) is 50.2 Å². The van der Waals surface area contributed by atoms with Crippen molar-refractivity contribution in [2.45, 2.75) is 25.2 Å². The molecule has 1 aliphatic heterocycles. The minimum atomic E-state index is -4.51. The van der Waals surface area contributed by atoms with Crippen molar-refractivity contribution in [3.63, 3.8) is 0 Å². The fourth-order valence-corrected chi connectivity index (χ4v) is 2.98. The summed E-state index contributed by atoms with van der Waals surface area (Å²) in [7, 11) is 2.62. The molecule has 7 nitrogen and oxygen atoms in total. The zero-order chi connectivity index (χ0) is 25.5. The predicted molar refractivity (Wildman–Crippen MR) is 122 cm³/mol. The molecule has 36 heavy (non-hydrogen) atoms. The van der Waals surface area contributed by atoms with Gasteiger partial charge in [-0.3, -0.25) is 24.4 Å². The van der Waals surface area contributed by atoms with Gasteiger partial charge >= 0.3 is 12.4 Å². The summed E-state index contributed by atoms with van der Waals surface area (Å²) in [6.45, 7) is 1.54. The van der Waals surface area contributed by atoms with E-state index in [0.29, 0.717) is 0 Å². The van der Waals surface area contributed by atoms with Gasteiger partial charge in [0.25, 0.3) is 5.91 Å². The molecular weight excluding hydrogens is 541 g/mol. The van der Waals surface area contributed by atoms with Gasteiger partial charge in [0.2, 0.25) is 0 Å². The van der Waals surface area contributed by atoms with Gasteiger partial charge in [-0.15, -0.1) is 24.8 Å². The smallest absolute Gasteiger partial charge is 0.317 e. The largest absolute Gasteiger partial charge is 0.433 e. The molecule has 0 saturated carbocycles. The predicted octanol–water partition coefficient (Wildman–Crippen LogP) is 4.86. The molecule has 1 aliphatic rings. The van der Waals surface area contributed by atoms with Crippen LogP contribution < -0.4 is 5.32 Å². The van der Waals surface area contributed by atoms with Crippen LogP contribution in [-0.4, -0.2) is 54.0 Å². The second-order valence-electron chi connectivity index (χ2n) is 7.23. The number of Topliss-reactive ketones (excluding diaryl/α,β-unsaturated/α-hetero) is 1. The molecule has 0 unspecified atom stereocenters. The van der Waals surface area contributed by atoms with Crippen LogP contribution in [0.4, 0.5) is 26.3 Å². The van der Waals surface area contributed by atoms with Crippen molar-refractivity contribution in [1.29, 1.82) is 0 Å². The quantitative estimate of drug-likeness (QED) is 0.324. The molecule has 3 heterocycles. The number of alkyl halides is 6. The normalized spacial score (nSPS) is 13.9. The lowest BCUT2D eigenvalue weighted by Gasteiger charge is -2.21. The van der Waals surface area contributed by atoms with Gasteiger partial charge < -0.3 is 5.32 Å². The Balaban J connectivity index is 0.000000649. The minimum absolute atomic E-state index is 0. The van der Waals surface area contributed by atoms with Crippen molar-refractivity contribution < 1.29 is 40.8 Å². The molecule has 0 spiro atoms. The molecule has 202 valence electrons. The summed E-state index contributed by atoms with van der Waals surface area (Å²) in [5.74, 6) is -0.786. The van der Waals surface area contributed by atoms with E-state index in [1.165, 1.54) is 20.2 Å². The average Bonchev–Trinajstić information content (AvgIpc) is 2.82. The maximum absolute atomic E-state index is 12.3. The van der Waals surface area contributed by atoms with Gasteiger partial charge in [-0.2, -0.15) is 26.3 Å². The van der Waals surface area contributed by atoms with Crippen LogP contribution in [0, 0.1) is 5.92 Å². The number of aromatic nitrogens is 2. The third-order valence-electron chi connectivity index (χ3n) is 4.91. The second-order valence-corrected chi connectivity index (χ2v) is 7.23. The van der Waals surface area contributed by atoms with Gasteiger partial charge in [0.1, 0.15) is 11.4 Å². The van der Waals surface area contributed by atoms with Crippen LogP contribution in [0.1, 0.15) is 44.9 Å². The van der Waals surface area contributed by atoms with Crippen molar-refractivity contribution >= 4 is 36.5 Å². The zero-order valence-corrected chi connectivity index (χ0v) is 20.7. The van der Waals surface area contributed by atoms with Crippen LogP contribution in [0.3, 0.4) is 0 Å². The number of ketones is 1. The van der Waals surface area contributed by atoms with E-state index in [0.717, 1.165) is 61.6 Å². The molecule has 1 saturated heterocycles. The average molecular weight is 565 g/mol. The van der Waals surface area contributed by atoms with E-state index in [9.17, 15) is 35.9 Å². The molecule has 15 heteroatoms. The van der Waals surface area contributed by atoms with Crippen LogP contribution in [0.2, 0.25) is 0 Å². The Morgan fingerprint density at radius 3 is 1.69 bits per heavy atom. The molecule has 1 N–H and O–H groups in total. The molecule has 1 amide bonds. The number of nitrogens with zero attached hydrogens (tertiary/aromatic N) is 3. The number of rotatable bonds is 4. The number of nitrogens with one attached hydrogen (secondary N) is 1. The number of pyridine rings is 2. The molecule has 2 aromatic rings. The van der Waals surface area contributed by atoms with E-state index in [4.69, 9.17) is 0 Å². The number of piperidine rings is 1. The molecule has 1 fully saturated rings. The highest BCUT2D eigenvalue weighted by Crippen LogP contribution is 2.28. The summed E-state index contributed by atoms with van der Waals surface area (Å²) in [6.07, 6.45) is -5.64. The SMILES string of the molecule is CON(C)C(=O)c1ccc(C(F)(F)F)nc1.Cl.Cl.O=C(c1ccc(C(F)(F)F)nc1)C1CCNCC1. The van der Waals surface area contributed by atoms with Crippen molar-refractivity contribution in [3.05, 3.63) is 59.2 Å². The summed E-state index contributed by atoms with van der Waals surface area (Å²) in [4.78, 5) is 34.5. The highest BCUT2D eigenvalue weighted by Gasteiger charge is 2.33. The molecule has 2 aromatic heterocycles. The molecule has 0 aromatic carbocycles.